The third kappa shape index (κ3) is 3.33. The average Bonchev–Trinajstić information content (AvgIpc) is 3.06. The molecule has 1 aromatic carbocycles. The Balaban J connectivity index is 1.24. The molecule has 3 heterocycles. The molecule has 0 bridgehead atoms. The van der Waals surface area contributed by atoms with Gasteiger partial charge in [0, 0.05) is 45.5 Å². The molecular weight excluding hydrogens is 302 g/mol. The van der Waals surface area contributed by atoms with Gasteiger partial charge in [-0.3, -0.25) is 4.90 Å². The summed E-state index contributed by atoms with van der Waals surface area (Å²) in [5.74, 6) is 1.07. The van der Waals surface area contributed by atoms with Crippen molar-refractivity contribution in [1.82, 2.24) is 14.9 Å². The Labute approximate surface area is 141 Å². The molecule has 1 saturated heterocycles. The lowest BCUT2D eigenvalue weighted by molar-refractivity contribution is 0.266. The Morgan fingerprint density at radius 3 is 2.62 bits per heavy atom. The van der Waals surface area contributed by atoms with E-state index < -0.39 is 0 Å². The molecule has 1 aliphatic heterocycles. The molecule has 1 N–H and O–H groups in total. The predicted octanol–water partition coefficient (Wildman–Crippen LogP) is 2.46. The van der Waals surface area contributed by atoms with Gasteiger partial charge in [0.15, 0.2) is 5.58 Å². The van der Waals surface area contributed by atoms with Crippen molar-refractivity contribution in [2.45, 2.75) is 0 Å². The Kier molecular flexibility index (Phi) is 4.29. The van der Waals surface area contributed by atoms with Crippen molar-refractivity contribution in [3.63, 3.8) is 0 Å². The zero-order valence-corrected chi connectivity index (χ0v) is 13.6. The van der Waals surface area contributed by atoms with Gasteiger partial charge in [-0.15, -0.1) is 0 Å². The van der Waals surface area contributed by atoms with Crippen LogP contribution in [-0.4, -0.2) is 54.1 Å². The van der Waals surface area contributed by atoms with Crippen LogP contribution in [0.4, 0.5) is 11.8 Å². The van der Waals surface area contributed by atoms with Crippen molar-refractivity contribution < 1.29 is 4.42 Å². The maximum Gasteiger partial charge on any atom is 0.295 e. The topological polar surface area (TPSA) is 57.4 Å². The fourth-order valence-electron chi connectivity index (χ4n) is 3.01. The van der Waals surface area contributed by atoms with Gasteiger partial charge in [-0.25, -0.2) is 4.98 Å². The number of piperazine rings is 1. The monoisotopic (exact) mass is 323 g/mol. The minimum absolute atomic E-state index is 0.600. The number of benzene rings is 1. The number of pyridine rings is 1. The number of nitrogens with zero attached hydrogens (tertiary/aromatic N) is 4. The molecule has 0 radical (unpaired) electrons. The summed E-state index contributed by atoms with van der Waals surface area (Å²) >= 11 is 0. The third-order valence-corrected chi connectivity index (χ3v) is 4.34. The Hall–Kier alpha value is -2.60. The van der Waals surface area contributed by atoms with Gasteiger partial charge in [0.05, 0.1) is 0 Å². The Morgan fingerprint density at radius 2 is 1.83 bits per heavy atom. The van der Waals surface area contributed by atoms with Crippen LogP contribution in [0.25, 0.3) is 11.1 Å². The molecule has 124 valence electrons. The van der Waals surface area contributed by atoms with Crippen LogP contribution in [0.15, 0.2) is 53.1 Å². The third-order valence-electron chi connectivity index (χ3n) is 4.34. The first-order valence-electron chi connectivity index (χ1n) is 8.36. The lowest BCUT2D eigenvalue weighted by atomic mass is 10.3. The number of rotatable bonds is 5. The van der Waals surface area contributed by atoms with E-state index in [0.29, 0.717) is 6.01 Å². The first-order valence-corrected chi connectivity index (χ1v) is 8.36. The van der Waals surface area contributed by atoms with Crippen molar-refractivity contribution >= 4 is 22.9 Å². The van der Waals surface area contributed by atoms with Crippen LogP contribution in [0.1, 0.15) is 0 Å². The van der Waals surface area contributed by atoms with Gasteiger partial charge in [-0.1, -0.05) is 18.2 Å². The highest BCUT2D eigenvalue weighted by atomic mass is 16.4. The van der Waals surface area contributed by atoms with Crippen LogP contribution in [-0.2, 0) is 0 Å². The van der Waals surface area contributed by atoms with Crippen LogP contribution >= 0.6 is 0 Å². The van der Waals surface area contributed by atoms with Crippen LogP contribution in [0.2, 0.25) is 0 Å². The minimum atomic E-state index is 0.600. The highest BCUT2D eigenvalue weighted by Gasteiger charge is 2.17. The van der Waals surface area contributed by atoms with Crippen molar-refractivity contribution in [3.8, 4) is 0 Å². The molecule has 0 saturated carbocycles. The maximum atomic E-state index is 5.68. The van der Waals surface area contributed by atoms with Crippen molar-refractivity contribution in [2.75, 3.05) is 49.5 Å². The van der Waals surface area contributed by atoms with Crippen LogP contribution < -0.4 is 10.2 Å². The molecule has 6 nitrogen and oxygen atoms in total. The number of nitrogens with one attached hydrogen (secondary N) is 1. The van der Waals surface area contributed by atoms with Crippen LogP contribution in [0, 0.1) is 0 Å². The summed E-state index contributed by atoms with van der Waals surface area (Å²) in [6.07, 6.45) is 1.85. The molecule has 0 aliphatic carbocycles. The summed E-state index contributed by atoms with van der Waals surface area (Å²) in [5.41, 5.74) is 1.72. The fraction of sp³-hybridized carbons (Fsp3) is 0.333. The Morgan fingerprint density at radius 1 is 1.00 bits per heavy atom. The number of anilines is 2. The van der Waals surface area contributed by atoms with Crippen LogP contribution in [0.5, 0.6) is 0 Å². The molecule has 24 heavy (non-hydrogen) atoms. The van der Waals surface area contributed by atoms with E-state index in [1.165, 1.54) is 0 Å². The van der Waals surface area contributed by atoms with Gasteiger partial charge in [-0.05, 0) is 24.3 Å². The summed E-state index contributed by atoms with van der Waals surface area (Å²) in [6.45, 7) is 5.93. The lowest BCUT2D eigenvalue weighted by Crippen LogP contribution is -2.47. The van der Waals surface area contributed by atoms with Gasteiger partial charge < -0.3 is 14.6 Å². The molecule has 3 aromatic rings. The summed E-state index contributed by atoms with van der Waals surface area (Å²) in [7, 11) is 0. The highest BCUT2D eigenvalue weighted by Crippen LogP contribution is 2.18. The zero-order chi connectivity index (χ0) is 16.2. The largest absolute Gasteiger partial charge is 0.424 e. The average molecular weight is 323 g/mol. The number of hydrogen-bond donors (Lipinski definition) is 1. The second-order valence-electron chi connectivity index (χ2n) is 5.93. The van der Waals surface area contributed by atoms with Gasteiger partial charge >= 0.3 is 0 Å². The molecular formula is C18H21N5O. The van der Waals surface area contributed by atoms with Gasteiger partial charge in [-0.2, -0.15) is 4.98 Å². The minimum Gasteiger partial charge on any atom is -0.424 e. The molecule has 0 atom stereocenters. The molecule has 1 fully saturated rings. The van der Waals surface area contributed by atoms with Gasteiger partial charge in [0.2, 0.25) is 0 Å². The lowest BCUT2D eigenvalue weighted by Gasteiger charge is -2.35. The number of fused-ring (bicyclic) bond motifs is 1. The summed E-state index contributed by atoms with van der Waals surface area (Å²) in [5, 5.41) is 3.28. The van der Waals surface area contributed by atoms with E-state index in [9.17, 15) is 0 Å². The quantitative estimate of drug-likeness (QED) is 0.778. The highest BCUT2D eigenvalue weighted by molar-refractivity contribution is 5.74. The second-order valence-corrected chi connectivity index (χ2v) is 5.93. The van der Waals surface area contributed by atoms with E-state index in [4.69, 9.17) is 4.42 Å². The molecule has 6 heteroatoms. The second kappa shape index (κ2) is 6.88. The van der Waals surface area contributed by atoms with Crippen molar-refractivity contribution in [3.05, 3.63) is 48.7 Å². The summed E-state index contributed by atoms with van der Waals surface area (Å²) < 4.78 is 5.68. The van der Waals surface area contributed by atoms with E-state index in [1.54, 1.807) is 0 Å². The molecule has 4 rings (SSSR count). The van der Waals surface area contributed by atoms with Gasteiger partial charge in [0.25, 0.3) is 6.01 Å². The first-order chi connectivity index (χ1) is 11.9. The van der Waals surface area contributed by atoms with Crippen molar-refractivity contribution in [1.29, 1.82) is 0 Å². The summed E-state index contributed by atoms with van der Waals surface area (Å²) in [4.78, 5) is 13.7. The molecule has 0 amide bonds. The zero-order valence-electron chi connectivity index (χ0n) is 13.6. The smallest absolute Gasteiger partial charge is 0.295 e. The molecule has 0 spiro atoms. The van der Waals surface area contributed by atoms with E-state index >= 15 is 0 Å². The summed E-state index contributed by atoms with van der Waals surface area (Å²) in [6, 6.07) is 14.5. The van der Waals surface area contributed by atoms with Crippen LogP contribution in [0.3, 0.4) is 0 Å². The van der Waals surface area contributed by atoms with Gasteiger partial charge in [0.1, 0.15) is 11.3 Å². The number of hydrogen-bond acceptors (Lipinski definition) is 6. The van der Waals surface area contributed by atoms with E-state index in [-0.39, 0.29) is 0 Å². The molecule has 0 unspecified atom stereocenters. The first kappa shape index (κ1) is 15.0. The number of oxazole rings is 1. The molecule has 1 aliphatic rings. The Bertz CT molecular complexity index is 747. The number of aromatic nitrogens is 2. The normalized spacial score (nSPS) is 15.8. The van der Waals surface area contributed by atoms with E-state index in [0.717, 1.165) is 56.2 Å². The van der Waals surface area contributed by atoms with E-state index in [1.807, 2.05) is 42.6 Å². The van der Waals surface area contributed by atoms with E-state index in [2.05, 4.69) is 31.2 Å². The fourth-order valence-corrected chi connectivity index (χ4v) is 3.01. The number of para-hydroxylation sites is 2. The predicted molar refractivity (Wildman–Crippen MR) is 95.4 cm³/mol. The standard InChI is InChI=1S/C18H21N5O/c1-2-6-16-15(5-1)21-18(24-16)20-9-10-22-11-13-23(14-12-22)17-7-3-4-8-19-17/h1-8H,9-14H2,(H,20,21). The SMILES string of the molecule is c1ccc(N2CCN(CCNc3nc4ccccc4o3)CC2)nc1. The van der Waals surface area contributed by atoms with Crippen molar-refractivity contribution in [2.24, 2.45) is 0 Å². The molecule has 2 aromatic heterocycles. The maximum absolute atomic E-state index is 5.68.